The summed E-state index contributed by atoms with van der Waals surface area (Å²) in [4.78, 5) is 12.0. The van der Waals surface area contributed by atoms with Gasteiger partial charge < -0.3 is 14.8 Å². The van der Waals surface area contributed by atoms with Crippen molar-refractivity contribution in [3.05, 3.63) is 64.7 Å². The molecule has 0 saturated carbocycles. The number of rotatable bonds is 8. The van der Waals surface area contributed by atoms with Gasteiger partial charge in [-0.05, 0) is 36.1 Å². The lowest BCUT2D eigenvalue weighted by molar-refractivity contribution is -0.176. The van der Waals surface area contributed by atoms with Crippen LogP contribution >= 0.6 is 0 Å². The molecule has 0 aromatic heterocycles. The molecule has 2 rings (SSSR count). The molecule has 7 heteroatoms. The van der Waals surface area contributed by atoms with Crippen LogP contribution in [0.4, 0.5) is 13.2 Å². The number of para-hydroxylation sites is 1. The monoisotopic (exact) mass is 381 g/mol. The van der Waals surface area contributed by atoms with Gasteiger partial charge in [0.15, 0.2) is 6.61 Å². The standard InChI is InChI=1S/C20H22F3NO3/c1-14-4-3-5-15(2)19(14)27-12-18(25)24-10-16-6-8-17(9-7-16)11-26-13-20(21,22)23/h3-9H,10-13H2,1-2H3,(H,24,25). The molecule has 0 saturated heterocycles. The maximum absolute atomic E-state index is 12.0. The maximum atomic E-state index is 12.0. The Morgan fingerprint density at radius 2 is 1.59 bits per heavy atom. The molecule has 146 valence electrons. The number of nitrogens with one attached hydrogen (secondary N) is 1. The van der Waals surface area contributed by atoms with E-state index in [1.807, 2.05) is 32.0 Å². The third-order valence-electron chi connectivity index (χ3n) is 3.80. The van der Waals surface area contributed by atoms with E-state index in [4.69, 9.17) is 4.74 Å². The number of alkyl halides is 3. The van der Waals surface area contributed by atoms with Gasteiger partial charge in [0, 0.05) is 6.54 Å². The Morgan fingerprint density at radius 3 is 2.19 bits per heavy atom. The second kappa shape index (κ2) is 9.41. The number of carbonyl (C=O) groups is 1. The first-order chi connectivity index (χ1) is 12.7. The molecule has 2 aromatic rings. The van der Waals surface area contributed by atoms with Gasteiger partial charge in [-0.2, -0.15) is 13.2 Å². The van der Waals surface area contributed by atoms with Crippen molar-refractivity contribution in [2.75, 3.05) is 13.2 Å². The average molecular weight is 381 g/mol. The summed E-state index contributed by atoms with van der Waals surface area (Å²) in [6.45, 7) is 2.66. The molecule has 0 spiro atoms. The zero-order chi connectivity index (χ0) is 19.9. The van der Waals surface area contributed by atoms with Crippen molar-refractivity contribution in [1.82, 2.24) is 5.32 Å². The van der Waals surface area contributed by atoms with Crippen molar-refractivity contribution in [3.63, 3.8) is 0 Å². The van der Waals surface area contributed by atoms with E-state index in [0.717, 1.165) is 16.7 Å². The minimum Gasteiger partial charge on any atom is -0.483 e. The summed E-state index contributed by atoms with van der Waals surface area (Å²) < 4.78 is 46.3. The van der Waals surface area contributed by atoms with Gasteiger partial charge in [-0.15, -0.1) is 0 Å². The number of amides is 1. The van der Waals surface area contributed by atoms with Crippen molar-refractivity contribution < 1.29 is 27.4 Å². The highest BCUT2D eigenvalue weighted by Crippen LogP contribution is 2.22. The summed E-state index contributed by atoms with van der Waals surface area (Å²) in [6.07, 6.45) is -4.33. The zero-order valence-corrected chi connectivity index (χ0v) is 15.2. The summed E-state index contributed by atoms with van der Waals surface area (Å²) in [5.41, 5.74) is 3.39. The number of ether oxygens (including phenoxy) is 2. The minimum absolute atomic E-state index is 0.0882. The van der Waals surface area contributed by atoms with Crippen molar-refractivity contribution in [2.45, 2.75) is 33.2 Å². The fraction of sp³-hybridized carbons (Fsp3) is 0.350. The molecular formula is C20H22F3NO3. The molecule has 4 nitrogen and oxygen atoms in total. The summed E-state index contributed by atoms with van der Waals surface area (Å²) in [6, 6.07) is 12.6. The molecule has 2 aromatic carbocycles. The first-order valence-corrected chi connectivity index (χ1v) is 8.42. The Morgan fingerprint density at radius 1 is 1.00 bits per heavy atom. The number of carbonyl (C=O) groups excluding carboxylic acids is 1. The molecule has 0 aliphatic carbocycles. The summed E-state index contributed by atoms with van der Waals surface area (Å²) >= 11 is 0. The van der Waals surface area contributed by atoms with Gasteiger partial charge in [0.05, 0.1) is 6.61 Å². The van der Waals surface area contributed by atoms with Crippen LogP contribution in [-0.4, -0.2) is 25.3 Å². The number of halogens is 3. The van der Waals surface area contributed by atoms with Gasteiger partial charge in [-0.3, -0.25) is 4.79 Å². The lowest BCUT2D eigenvalue weighted by Crippen LogP contribution is -2.28. The van der Waals surface area contributed by atoms with E-state index < -0.39 is 12.8 Å². The second-order valence-corrected chi connectivity index (χ2v) is 6.21. The number of benzene rings is 2. The Hall–Kier alpha value is -2.54. The molecular weight excluding hydrogens is 359 g/mol. The molecule has 1 amide bonds. The predicted molar refractivity (Wildman–Crippen MR) is 95.4 cm³/mol. The molecule has 1 N–H and O–H groups in total. The van der Waals surface area contributed by atoms with Crippen molar-refractivity contribution >= 4 is 5.91 Å². The van der Waals surface area contributed by atoms with Gasteiger partial charge >= 0.3 is 6.18 Å². The molecule has 0 atom stereocenters. The highest BCUT2D eigenvalue weighted by Gasteiger charge is 2.27. The van der Waals surface area contributed by atoms with Crippen LogP contribution in [0.3, 0.4) is 0 Å². The van der Waals surface area contributed by atoms with Crippen LogP contribution in [0.25, 0.3) is 0 Å². The topological polar surface area (TPSA) is 47.6 Å². The van der Waals surface area contributed by atoms with Crippen LogP contribution in [0.2, 0.25) is 0 Å². The number of hydrogen-bond acceptors (Lipinski definition) is 3. The van der Waals surface area contributed by atoms with E-state index in [9.17, 15) is 18.0 Å². The number of hydrogen-bond donors (Lipinski definition) is 1. The lowest BCUT2D eigenvalue weighted by atomic mass is 10.1. The van der Waals surface area contributed by atoms with Gasteiger partial charge in [0.25, 0.3) is 5.91 Å². The third-order valence-corrected chi connectivity index (χ3v) is 3.80. The summed E-state index contributed by atoms with van der Waals surface area (Å²) in [5.74, 6) is 0.450. The fourth-order valence-corrected chi connectivity index (χ4v) is 2.45. The average Bonchev–Trinajstić information content (AvgIpc) is 2.59. The highest BCUT2D eigenvalue weighted by molar-refractivity contribution is 5.77. The summed E-state index contributed by atoms with van der Waals surface area (Å²) in [5, 5.41) is 2.75. The molecule has 0 bridgehead atoms. The molecule has 0 unspecified atom stereocenters. The van der Waals surface area contributed by atoms with Crippen LogP contribution in [0.15, 0.2) is 42.5 Å². The van der Waals surface area contributed by atoms with Crippen molar-refractivity contribution in [2.24, 2.45) is 0 Å². The first-order valence-electron chi connectivity index (χ1n) is 8.42. The Bertz CT molecular complexity index is 738. The van der Waals surface area contributed by atoms with Crippen LogP contribution in [0.1, 0.15) is 22.3 Å². The van der Waals surface area contributed by atoms with Gasteiger partial charge in [-0.1, -0.05) is 42.5 Å². The van der Waals surface area contributed by atoms with E-state index >= 15 is 0 Å². The largest absolute Gasteiger partial charge is 0.483 e. The quantitative estimate of drug-likeness (QED) is 0.750. The van der Waals surface area contributed by atoms with E-state index in [1.165, 1.54) is 0 Å². The Kier molecular flexibility index (Phi) is 7.24. The Labute approximate surface area is 156 Å². The smallest absolute Gasteiger partial charge is 0.411 e. The van der Waals surface area contributed by atoms with Gasteiger partial charge in [-0.25, -0.2) is 0 Å². The van der Waals surface area contributed by atoms with Crippen molar-refractivity contribution in [3.8, 4) is 5.75 Å². The normalized spacial score (nSPS) is 11.3. The van der Waals surface area contributed by atoms with Crippen molar-refractivity contribution in [1.29, 1.82) is 0 Å². The number of aryl methyl sites for hydroxylation is 2. The molecule has 0 heterocycles. The first kappa shape index (κ1) is 20.8. The fourth-order valence-electron chi connectivity index (χ4n) is 2.45. The molecule has 0 fully saturated rings. The van der Waals surface area contributed by atoms with E-state index in [-0.39, 0.29) is 19.1 Å². The van der Waals surface area contributed by atoms with Crippen LogP contribution in [-0.2, 0) is 22.7 Å². The zero-order valence-electron chi connectivity index (χ0n) is 15.2. The Balaban J connectivity index is 1.75. The molecule has 0 aliphatic rings. The van der Waals surface area contributed by atoms with E-state index in [0.29, 0.717) is 17.9 Å². The van der Waals surface area contributed by atoms with Crippen LogP contribution < -0.4 is 10.1 Å². The molecule has 27 heavy (non-hydrogen) atoms. The van der Waals surface area contributed by atoms with Gasteiger partial charge in [0.2, 0.25) is 0 Å². The SMILES string of the molecule is Cc1cccc(C)c1OCC(=O)NCc1ccc(COCC(F)(F)F)cc1. The van der Waals surface area contributed by atoms with E-state index in [2.05, 4.69) is 10.1 Å². The predicted octanol–water partition coefficient (Wildman–Crippen LogP) is 4.08. The van der Waals surface area contributed by atoms with E-state index in [1.54, 1.807) is 24.3 Å². The van der Waals surface area contributed by atoms with Crippen LogP contribution in [0.5, 0.6) is 5.75 Å². The maximum Gasteiger partial charge on any atom is 0.411 e. The molecule has 0 aliphatic heterocycles. The second-order valence-electron chi connectivity index (χ2n) is 6.21. The third kappa shape index (κ3) is 7.30. The molecule has 0 radical (unpaired) electrons. The highest BCUT2D eigenvalue weighted by atomic mass is 19.4. The summed E-state index contributed by atoms with van der Waals surface area (Å²) in [7, 11) is 0. The van der Waals surface area contributed by atoms with Gasteiger partial charge in [0.1, 0.15) is 12.4 Å². The minimum atomic E-state index is -4.33. The lowest BCUT2D eigenvalue weighted by Gasteiger charge is -2.12. The van der Waals surface area contributed by atoms with Crippen LogP contribution in [0, 0.1) is 13.8 Å².